The Labute approximate surface area is 147 Å². The van der Waals surface area contributed by atoms with Crippen molar-refractivity contribution in [3.05, 3.63) is 29.0 Å². The van der Waals surface area contributed by atoms with Crippen LogP contribution in [0.1, 0.15) is 23.7 Å². The Balaban J connectivity index is 2.01. The van der Waals surface area contributed by atoms with Gasteiger partial charge in [-0.3, -0.25) is 4.98 Å². The van der Waals surface area contributed by atoms with E-state index in [4.69, 9.17) is 19.2 Å². The lowest BCUT2D eigenvalue weighted by atomic mass is 9.98. The maximum Gasteiger partial charge on any atom is 0.409 e. The first-order chi connectivity index (χ1) is 12.1. The molecule has 0 unspecified atom stereocenters. The lowest BCUT2D eigenvalue weighted by molar-refractivity contribution is 0.109. The van der Waals surface area contributed by atoms with Crippen LogP contribution in [-0.2, 0) is 17.6 Å². The van der Waals surface area contributed by atoms with Crippen LogP contribution in [-0.4, -0.2) is 49.9 Å². The Kier molecular flexibility index (Phi) is 4.97. The highest BCUT2D eigenvalue weighted by atomic mass is 16.6. The molecule has 1 aliphatic rings. The molecule has 25 heavy (non-hydrogen) atoms. The van der Waals surface area contributed by atoms with Gasteiger partial charge in [0.15, 0.2) is 11.5 Å². The molecule has 0 N–H and O–H groups in total. The number of aryl methyl sites for hydroxylation is 1. The van der Waals surface area contributed by atoms with Crippen LogP contribution in [0, 0.1) is 6.92 Å². The fraction of sp³-hybridized carbons (Fsp3) is 0.474. The second kappa shape index (κ2) is 7.17. The number of hydrogen-bond acceptors (Lipinski definition) is 5. The van der Waals surface area contributed by atoms with E-state index >= 15 is 0 Å². The number of ether oxygens (including phenoxy) is 3. The number of carbonyl (C=O) groups is 1. The third-order valence-corrected chi connectivity index (χ3v) is 4.74. The zero-order valence-corrected chi connectivity index (χ0v) is 15.2. The Morgan fingerprint density at radius 1 is 1.16 bits per heavy atom. The molecule has 0 saturated carbocycles. The van der Waals surface area contributed by atoms with E-state index in [9.17, 15) is 4.79 Å². The highest BCUT2D eigenvalue weighted by molar-refractivity contribution is 5.87. The maximum atomic E-state index is 12.0. The van der Waals surface area contributed by atoms with Crippen LogP contribution in [0.3, 0.4) is 0 Å². The van der Waals surface area contributed by atoms with Crippen LogP contribution in [0.15, 0.2) is 12.1 Å². The minimum atomic E-state index is -0.249. The largest absolute Gasteiger partial charge is 0.493 e. The Bertz CT molecular complexity index is 804. The first kappa shape index (κ1) is 17.3. The summed E-state index contributed by atoms with van der Waals surface area (Å²) in [5.41, 5.74) is 4.33. The summed E-state index contributed by atoms with van der Waals surface area (Å²) in [7, 11) is 3.25. The van der Waals surface area contributed by atoms with Crippen molar-refractivity contribution >= 4 is 17.0 Å². The van der Waals surface area contributed by atoms with Gasteiger partial charge in [-0.1, -0.05) is 0 Å². The molecule has 0 fully saturated rings. The fourth-order valence-corrected chi connectivity index (χ4v) is 3.39. The average Bonchev–Trinajstić information content (AvgIpc) is 2.84. The first-order valence-electron chi connectivity index (χ1n) is 8.54. The molecule has 1 aromatic carbocycles. The molecule has 0 spiro atoms. The molecule has 1 amide bonds. The molecule has 0 atom stereocenters. The van der Waals surface area contributed by atoms with Gasteiger partial charge in [-0.05, 0) is 37.5 Å². The minimum Gasteiger partial charge on any atom is -0.493 e. The van der Waals surface area contributed by atoms with Crippen molar-refractivity contribution in [2.24, 2.45) is 0 Å². The molecule has 1 aromatic heterocycles. The molecule has 0 radical (unpaired) electrons. The van der Waals surface area contributed by atoms with Crippen LogP contribution in [0.25, 0.3) is 10.9 Å². The van der Waals surface area contributed by atoms with E-state index in [2.05, 4.69) is 6.92 Å². The number of hydrogen-bond donors (Lipinski definition) is 0. The number of fused-ring (bicyclic) bond motifs is 2. The molecule has 6 heteroatoms. The summed E-state index contributed by atoms with van der Waals surface area (Å²) in [6.07, 6.45) is 1.25. The number of aromatic nitrogens is 1. The van der Waals surface area contributed by atoms with E-state index in [0.29, 0.717) is 31.2 Å². The van der Waals surface area contributed by atoms with Crippen molar-refractivity contribution in [2.75, 3.05) is 33.9 Å². The number of rotatable bonds is 3. The second-order valence-corrected chi connectivity index (χ2v) is 6.07. The Morgan fingerprint density at radius 2 is 1.84 bits per heavy atom. The fourth-order valence-electron chi connectivity index (χ4n) is 3.39. The molecule has 6 nitrogen and oxygen atoms in total. The van der Waals surface area contributed by atoms with Crippen molar-refractivity contribution in [1.82, 2.24) is 9.88 Å². The normalized spacial score (nSPS) is 14.0. The Hall–Kier alpha value is -2.50. The number of nitrogens with zero attached hydrogens (tertiary/aromatic N) is 2. The summed E-state index contributed by atoms with van der Waals surface area (Å²) < 4.78 is 16.0. The summed E-state index contributed by atoms with van der Waals surface area (Å²) >= 11 is 0. The number of benzene rings is 1. The van der Waals surface area contributed by atoms with Crippen LogP contribution in [0.5, 0.6) is 11.5 Å². The van der Waals surface area contributed by atoms with Crippen molar-refractivity contribution in [3.8, 4) is 11.5 Å². The third-order valence-electron chi connectivity index (χ3n) is 4.74. The molecular weight excluding hydrogens is 320 g/mol. The summed E-state index contributed by atoms with van der Waals surface area (Å²) in [5.74, 6) is 1.37. The van der Waals surface area contributed by atoms with Gasteiger partial charge in [-0.25, -0.2) is 4.79 Å². The summed E-state index contributed by atoms with van der Waals surface area (Å²) in [6.45, 7) is 5.59. The van der Waals surface area contributed by atoms with E-state index in [1.165, 1.54) is 11.1 Å². The quantitative estimate of drug-likeness (QED) is 0.856. The van der Waals surface area contributed by atoms with Crippen LogP contribution < -0.4 is 9.47 Å². The number of pyridine rings is 1. The molecule has 3 rings (SSSR count). The lowest BCUT2D eigenvalue weighted by Crippen LogP contribution is -2.33. The molecule has 134 valence electrons. The topological polar surface area (TPSA) is 60.9 Å². The van der Waals surface area contributed by atoms with Crippen molar-refractivity contribution in [1.29, 1.82) is 0 Å². The van der Waals surface area contributed by atoms with Crippen molar-refractivity contribution in [3.63, 3.8) is 0 Å². The van der Waals surface area contributed by atoms with Gasteiger partial charge in [0.05, 0.1) is 26.3 Å². The maximum absolute atomic E-state index is 12.0. The van der Waals surface area contributed by atoms with Crippen molar-refractivity contribution < 1.29 is 19.0 Å². The molecule has 1 aliphatic heterocycles. The van der Waals surface area contributed by atoms with Gasteiger partial charge >= 0.3 is 6.09 Å². The minimum absolute atomic E-state index is 0.249. The first-order valence-corrected chi connectivity index (χ1v) is 8.54. The van der Waals surface area contributed by atoms with E-state index in [1.807, 2.05) is 19.1 Å². The molecular formula is C19H24N2O4. The molecule has 0 aliphatic carbocycles. The van der Waals surface area contributed by atoms with Gasteiger partial charge in [-0.15, -0.1) is 0 Å². The monoisotopic (exact) mass is 344 g/mol. The zero-order chi connectivity index (χ0) is 18.0. The number of amides is 1. The second-order valence-electron chi connectivity index (χ2n) is 6.07. The standard InChI is InChI=1S/C19H24N2O4/c1-5-25-19(22)21-8-6-13-12(2)14-10-17(23-3)18(24-4)11-16(14)20-15(13)7-9-21/h10-11H,5-9H2,1-4H3. The molecule has 2 heterocycles. The van der Waals surface area contributed by atoms with Crippen LogP contribution in [0.2, 0.25) is 0 Å². The van der Waals surface area contributed by atoms with E-state index in [-0.39, 0.29) is 6.09 Å². The van der Waals surface area contributed by atoms with Crippen LogP contribution >= 0.6 is 0 Å². The summed E-state index contributed by atoms with van der Waals surface area (Å²) in [5, 5.41) is 1.06. The van der Waals surface area contributed by atoms with Gasteiger partial charge < -0.3 is 19.1 Å². The van der Waals surface area contributed by atoms with Gasteiger partial charge in [0.1, 0.15) is 0 Å². The predicted molar refractivity (Wildman–Crippen MR) is 95.6 cm³/mol. The highest BCUT2D eigenvalue weighted by Gasteiger charge is 2.23. The summed E-state index contributed by atoms with van der Waals surface area (Å²) in [6, 6.07) is 3.89. The summed E-state index contributed by atoms with van der Waals surface area (Å²) in [4.78, 5) is 18.6. The predicted octanol–water partition coefficient (Wildman–Crippen LogP) is 3.12. The van der Waals surface area contributed by atoms with Gasteiger partial charge in [0.25, 0.3) is 0 Å². The molecule has 0 saturated heterocycles. The van der Waals surface area contributed by atoms with E-state index in [0.717, 1.165) is 29.4 Å². The number of methoxy groups -OCH3 is 2. The SMILES string of the molecule is CCOC(=O)N1CCc2nc3cc(OC)c(OC)cc3c(C)c2CC1. The Morgan fingerprint density at radius 3 is 2.52 bits per heavy atom. The third kappa shape index (κ3) is 3.21. The van der Waals surface area contributed by atoms with Crippen LogP contribution in [0.4, 0.5) is 4.79 Å². The van der Waals surface area contributed by atoms with Gasteiger partial charge in [0.2, 0.25) is 0 Å². The van der Waals surface area contributed by atoms with E-state index < -0.39 is 0 Å². The lowest BCUT2D eigenvalue weighted by Gasteiger charge is -2.18. The molecule has 2 aromatic rings. The highest BCUT2D eigenvalue weighted by Crippen LogP contribution is 2.35. The molecule has 0 bridgehead atoms. The average molecular weight is 344 g/mol. The zero-order valence-electron chi connectivity index (χ0n) is 15.2. The van der Waals surface area contributed by atoms with Gasteiger partial charge in [-0.2, -0.15) is 0 Å². The smallest absolute Gasteiger partial charge is 0.409 e. The van der Waals surface area contributed by atoms with Crippen molar-refractivity contribution in [2.45, 2.75) is 26.7 Å². The van der Waals surface area contributed by atoms with Gasteiger partial charge in [0, 0.05) is 36.7 Å². The number of carbonyl (C=O) groups excluding carboxylic acids is 1. The van der Waals surface area contributed by atoms with E-state index in [1.54, 1.807) is 19.1 Å².